The second-order valence-electron chi connectivity index (χ2n) is 3.01. The van der Waals surface area contributed by atoms with Crippen LogP contribution in [0, 0.1) is 0 Å². The zero-order valence-corrected chi connectivity index (χ0v) is 8.06. The van der Waals surface area contributed by atoms with Crippen molar-refractivity contribution in [3.8, 4) is 0 Å². The van der Waals surface area contributed by atoms with Gasteiger partial charge in [0.1, 0.15) is 12.1 Å². The lowest BCUT2D eigenvalue weighted by molar-refractivity contribution is -0.143. The van der Waals surface area contributed by atoms with E-state index in [-0.39, 0.29) is 6.42 Å². The molecule has 1 amide bonds. The monoisotopic (exact) mass is 204 g/mol. The summed E-state index contributed by atoms with van der Waals surface area (Å²) in [5.41, 5.74) is 5.21. The van der Waals surface area contributed by atoms with E-state index in [1.807, 2.05) is 0 Å². The molecular weight excluding hydrogens is 188 g/mol. The Balaban J connectivity index is 4.09. The molecule has 82 valence electrons. The molecule has 6 nitrogen and oxygen atoms in total. The van der Waals surface area contributed by atoms with Gasteiger partial charge in [0.05, 0.1) is 0 Å². The minimum absolute atomic E-state index is 0.268. The first-order valence-electron chi connectivity index (χ1n) is 4.40. The predicted octanol–water partition coefficient (Wildman–Crippen LogP) is -1.32. The zero-order valence-electron chi connectivity index (χ0n) is 8.06. The molecule has 0 saturated carbocycles. The number of hydrogen-bond acceptors (Lipinski definition) is 4. The minimum atomic E-state index is -1.20. The van der Waals surface area contributed by atoms with Crippen LogP contribution in [0.3, 0.4) is 0 Å². The summed E-state index contributed by atoms with van der Waals surface area (Å²) in [4.78, 5) is 21.6. The molecule has 0 saturated heterocycles. The first kappa shape index (κ1) is 12.9. The van der Waals surface area contributed by atoms with E-state index in [2.05, 4.69) is 5.32 Å². The van der Waals surface area contributed by atoms with E-state index in [1.54, 1.807) is 0 Å². The zero-order chi connectivity index (χ0) is 11.1. The molecule has 0 aromatic rings. The highest BCUT2D eigenvalue weighted by atomic mass is 16.4. The number of nitrogens with two attached hydrogens (primary N) is 1. The van der Waals surface area contributed by atoms with Crippen molar-refractivity contribution in [3.63, 3.8) is 0 Å². The maximum atomic E-state index is 11.0. The highest BCUT2D eigenvalue weighted by Gasteiger charge is 2.20. The maximum Gasteiger partial charge on any atom is 0.326 e. The smallest absolute Gasteiger partial charge is 0.326 e. The van der Waals surface area contributed by atoms with Gasteiger partial charge >= 0.3 is 5.97 Å². The van der Waals surface area contributed by atoms with Crippen LogP contribution in [0.1, 0.15) is 19.8 Å². The van der Waals surface area contributed by atoms with E-state index >= 15 is 0 Å². The van der Waals surface area contributed by atoms with E-state index in [0.717, 1.165) is 0 Å². The molecule has 14 heavy (non-hydrogen) atoms. The van der Waals surface area contributed by atoms with Crippen molar-refractivity contribution in [1.82, 2.24) is 5.32 Å². The number of rotatable bonds is 6. The summed E-state index contributed by atoms with van der Waals surface area (Å²) >= 11 is 0. The number of amides is 1. The van der Waals surface area contributed by atoms with Gasteiger partial charge < -0.3 is 21.3 Å². The second kappa shape index (κ2) is 6.33. The van der Waals surface area contributed by atoms with Crippen LogP contribution in [0.25, 0.3) is 0 Å². The largest absolute Gasteiger partial charge is 0.480 e. The Morgan fingerprint density at radius 1 is 1.50 bits per heavy atom. The number of carbonyl (C=O) groups excluding carboxylic acids is 1. The van der Waals surface area contributed by atoms with Crippen molar-refractivity contribution < 1.29 is 19.8 Å². The number of aliphatic hydroxyl groups is 1. The average molecular weight is 204 g/mol. The molecule has 0 aliphatic carbocycles. The van der Waals surface area contributed by atoms with Gasteiger partial charge in [-0.15, -0.1) is 0 Å². The summed E-state index contributed by atoms with van der Waals surface area (Å²) in [5, 5.41) is 19.7. The van der Waals surface area contributed by atoms with Gasteiger partial charge in [-0.3, -0.25) is 4.79 Å². The van der Waals surface area contributed by atoms with Crippen molar-refractivity contribution in [2.45, 2.75) is 31.9 Å². The van der Waals surface area contributed by atoms with Gasteiger partial charge in [-0.2, -0.15) is 0 Å². The average Bonchev–Trinajstić information content (AvgIpc) is 2.10. The Labute approximate surface area is 82.1 Å². The van der Waals surface area contributed by atoms with E-state index in [0.29, 0.717) is 13.0 Å². The molecule has 0 spiro atoms. The molecule has 0 heterocycles. The SMILES string of the molecule is C[C@H](O)C(=O)N[C@@H](CCCN)C(=O)O. The summed E-state index contributed by atoms with van der Waals surface area (Å²) in [5.74, 6) is -1.80. The van der Waals surface area contributed by atoms with Gasteiger partial charge in [0, 0.05) is 0 Å². The van der Waals surface area contributed by atoms with Crippen LogP contribution in [0.15, 0.2) is 0 Å². The second-order valence-corrected chi connectivity index (χ2v) is 3.01. The van der Waals surface area contributed by atoms with Crippen LogP contribution in [0.4, 0.5) is 0 Å². The summed E-state index contributed by atoms with van der Waals surface area (Å²) in [6.45, 7) is 1.64. The Bertz CT molecular complexity index is 206. The lowest BCUT2D eigenvalue weighted by Gasteiger charge is -2.14. The number of hydrogen-bond donors (Lipinski definition) is 4. The Kier molecular flexibility index (Phi) is 5.82. The fourth-order valence-corrected chi connectivity index (χ4v) is 0.872. The van der Waals surface area contributed by atoms with Gasteiger partial charge in [0.25, 0.3) is 0 Å². The van der Waals surface area contributed by atoms with E-state index in [4.69, 9.17) is 15.9 Å². The Morgan fingerprint density at radius 2 is 2.07 bits per heavy atom. The number of aliphatic hydroxyl groups excluding tert-OH is 1. The number of carboxylic acid groups (broad SMARTS) is 1. The topological polar surface area (TPSA) is 113 Å². The van der Waals surface area contributed by atoms with Gasteiger partial charge in [-0.25, -0.2) is 4.79 Å². The maximum absolute atomic E-state index is 11.0. The normalized spacial score (nSPS) is 14.5. The Hall–Kier alpha value is -1.14. The molecule has 5 N–H and O–H groups in total. The standard InChI is InChI=1S/C8H16N2O4/c1-5(11)7(12)10-6(8(13)14)3-2-4-9/h5-6,11H,2-4,9H2,1H3,(H,10,12)(H,13,14)/t5-,6-/m0/s1. The molecule has 6 heteroatoms. The van der Waals surface area contributed by atoms with E-state index in [9.17, 15) is 9.59 Å². The summed E-state index contributed by atoms with van der Waals surface area (Å²) in [7, 11) is 0. The van der Waals surface area contributed by atoms with Crippen molar-refractivity contribution in [1.29, 1.82) is 0 Å². The molecule has 0 aromatic carbocycles. The Morgan fingerprint density at radius 3 is 2.43 bits per heavy atom. The minimum Gasteiger partial charge on any atom is -0.480 e. The fourth-order valence-electron chi connectivity index (χ4n) is 0.872. The molecule has 0 fully saturated rings. The lowest BCUT2D eigenvalue weighted by Crippen LogP contribution is -2.44. The first-order chi connectivity index (χ1) is 6.49. The van der Waals surface area contributed by atoms with Crippen LogP contribution >= 0.6 is 0 Å². The molecule has 0 rings (SSSR count). The van der Waals surface area contributed by atoms with Gasteiger partial charge in [-0.05, 0) is 26.3 Å². The van der Waals surface area contributed by atoms with Crippen LogP contribution in [-0.4, -0.2) is 40.8 Å². The fraction of sp³-hybridized carbons (Fsp3) is 0.750. The number of carboxylic acids is 1. The number of aliphatic carboxylic acids is 1. The molecule has 0 aliphatic rings. The molecule has 0 radical (unpaired) electrons. The summed E-state index contributed by atoms with van der Waals surface area (Å²) in [6, 6.07) is -0.972. The van der Waals surface area contributed by atoms with E-state index in [1.165, 1.54) is 6.92 Å². The third-order valence-corrected chi connectivity index (χ3v) is 1.69. The third-order valence-electron chi connectivity index (χ3n) is 1.69. The van der Waals surface area contributed by atoms with Crippen molar-refractivity contribution in [2.24, 2.45) is 5.73 Å². The van der Waals surface area contributed by atoms with Crippen molar-refractivity contribution >= 4 is 11.9 Å². The van der Waals surface area contributed by atoms with Crippen molar-refractivity contribution in [3.05, 3.63) is 0 Å². The van der Waals surface area contributed by atoms with Crippen LogP contribution in [-0.2, 0) is 9.59 Å². The van der Waals surface area contributed by atoms with Crippen LogP contribution in [0.2, 0.25) is 0 Å². The predicted molar refractivity (Wildman–Crippen MR) is 49.5 cm³/mol. The molecular formula is C8H16N2O4. The first-order valence-corrected chi connectivity index (χ1v) is 4.40. The number of nitrogens with one attached hydrogen (secondary N) is 1. The van der Waals surface area contributed by atoms with Crippen LogP contribution < -0.4 is 11.1 Å². The molecule has 0 aliphatic heterocycles. The van der Waals surface area contributed by atoms with Crippen LogP contribution in [0.5, 0.6) is 0 Å². The molecule has 0 unspecified atom stereocenters. The van der Waals surface area contributed by atoms with Gasteiger partial charge in [-0.1, -0.05) is 0 Å². The molecule has 0 bridgehead atoms. The number of carbonyl (C=O) groups is 2. The van der Waals surface area contributed by atoms with Gasteiger partial charge in [0.15, 0.2) is 0 Å². The molecule has 2 atom stereocenters. The highest BCUT2D eigenvalue weighted by molar-refractivity contribution is 5.85. The van der Waals surface area contributed by atoms with Gasteiger partial charge in [0.2, 0.25) is 5.91 Å². The molecule has 0 aromatic heterocycles. The lowest BCUT2D eigenvalue weighted by atomic mass is 10.1. The quantitative estimate of drug-likeness (QED) is 0.428. The van der Waals surface area contributed by atoms with E-state index < -0.39 is 24.0 Å². The highest BCUT2D eigenvalue weighted by Crippen LogP contribution is 1.97. The summed E-state index contributed by atoms with van der Waals surface area (Å²) < 4.78 is 0. The third kappa shape index (κ3) is 4.78. The summed E-state index contributed by atoms with van der Waals surface area (Å²) in [6.07, 6.45) is -0.420. The van der Waals surface area contributed by atoms with Crippen molar-refractivity contribution in [2.75, 3.05) is 6.54 Å².